The summed E-state index contributed by atoms with van der Waals surface area (Å²) in [6, 6.07) is 167. The molecule has 0 N–H and O–H groups in total. The smallest absolute Gasteiger partial charge is 0.366 e. The van der Waals surface area contributed by atoms with E-state index in [0.29, 0.717) is 0 Å². The van der Waals surface area contributed by atoms with E-state index in [1.54, 1.807) is 0 Å². The van der Waals surface area contributed by atoms with Gasteiger partial charge in [-0.15, -0.1) is 70.8 Å². The first-order valence-electron chi connectivity index (χ1n) is 35.3. The summed E-state index contributed by atoms with van der Waals surface area (Å²) in [5.41, 5.74) is 3.31. The van der Waals surface area contributed by atoms with E-state index in [0.717, 1.165) is 22.3 Å². The van der Waals surface area contributed by atoms with Crippen molar-refractivity contribution >= 4 is 95.3 Å². The molecule has 0 fully saturated rings. The predicted molar refractivity (Wildman–Crippen MR) is 471 cm³/mol. The second-order valence-corrected chi connectivity index (χ2v) is 32.2. The average molecular weight is 1710 g/mol. The molecule has 560 valence electrons. The van der Waals surface area contributed by atoms with E-state index < -0.39 is 31.7 Å². The van der Waals surface area contributed by atoms with Crippen molar-refractivity contribution in [1.82, 2.24) is 0 Å². The first-order chi connectivity index (χ1) is 53.5. The average Bonchev–Trinajstić information content (AvgIpc) is 0.839. The third-order valence-electron chi connectivity index (χ3n) is 15.8. The molecule has 16 aromatic rings. The minimum absolute atomic E-state index is 0. The summed E-state index contributed by atoms with van der Waals surface area (Å²) in [6.45, 7) is 0. The Balaban J connectivity index is 0.000000234. The Labute approximate surface area is 714 Å². The van der Waals surface area contributed by atoms with Gasteiger partial charge < -0.3 is 25.7 Å². The molecule has 0 saturated carbocycles. The first kappa shape index (κ1) is 92.2. The molecule has 0 aliphatic carbocycles. The van der Waals surface area contributed by atoms with Gasteiger partial charge >= 0.3 is 68.3 Å². The van der Waals surface area contributed by atoms with Crippen molar-refractivity contribution in [1.29, 1.82) is 0 Å². The van der Waals surface area contributed by atoms with Gasteiger partial charge in [-0.05, 0) is 95.3 Å². The fourth-order valence-electron chi connectivity index (χ4n) is 10.8. The van der Waals surface area contributed by atoms with Crippen LogP contribution in [0.15, 0.2) is 485 Å². The van der Waals surface area contributed by atoms with Crippen LogP contribution in [0.25, 0.3) is 0 Å². The van der Waals surface area contributed by atoms with Gasteiger partial charge in [0.15, 0.2) is 0 Å². The SMILES string of the molecule is [C-]#Cc1ccccc1.[C-]#Cc1ccccc1.[C-]#Cc1ccccc1.[C-]#Cc1ccccc1.[Cu+].[Cu+].[Cu+].[Cu+].c1ccc(P(c2ccccc2)c2ccccc2)cc1.c1ccc(P(c2ccccc2)c2ccccc2)cc1.c1ccc(P(c2ccccc2)c2ccccc2)cc1.c1ccc(P(c2ccccc2)c2ccccc2)cc1. The predicted octanol–water partition coefficient (Wildman–Crippen LogP) is 20.3. The summed E-state index contributed by atoms with van der Waals surface area (Å²) in [7, 11) is -1.78. The molecule has 0 atom stereocenters. The quantitative estimate of drug-likeness (QED) is 0.0495. The number of rotatable bonds is 12. The van der Waals surface area contributed by atoms with Crippen LogP contribution >= 0.6 is 31.7 Å². The minimum atomic E-state index is -0.446. The third kappa shape index (κ3) is 32.1. The molecule has 0 heterocycles. The van der Waals surface area contributed by atoms with E-state index in [1.807, 2.05) is 121 Å². The molecule has 112 heavy (non-hydrogen) atoms. The Kier molecular flexibility index (Phi) is 46.0. The van der Waals surface area contributed by atoms with Gasteiger partial charge in [-0.25, -0.2) is 0 Å². The Hall–Kier alpha value is -10.4. The van der Waals surface area contributed by atoms with Gasteiger partial charge in [0.1, 0.15) is 0 Å². The van der Waals surface area contributed by atoms with Crippen LogP contribution in [0.4, 0.5) is 0 Å². The number of benzene rings is 16. The fraction of sp³-hybridized carbons (Fsp3) is 0. The van der Waals surface area contributed by atoms with Gasteiger partial charge in [0, 0.05) is 0 Å². The molecule has 0 aromatic heterocycles. The van der Waals surface area contributed by atoms with Crippen molar-refractivity contribution in [3.05, 3.63) is 533 Å². The Morgan fingerprint density at radius 3 is 0.250 bits per heavy atom. The molecule has 0 radical (unpaired) electrons. The maximum absolute atomic E-state index is 6.69. The molecule has 16 rings (SSSR count). The van der Waals surface area contributed by atoms with Crippen LogP contribution in [-0.4, -0.2) is 0 Å². The molecular formula is C104H80Cu4P4. The zero-order valence-corrected chi connectivity index (χ0v) is 68.5. The van der Waals surface area contributed by atoms with E-state index in [9.17, 15) is 0 Å². The van der Waals surface area contributed by atoms with Crippen LogP contribution in [0.3, 0.4) is 0 Å². The van der Waals surface area contributed by atoms with Crippen molar-refractivity contribution in [2.45, 2.75) is 0 Å². The first-order valence-corrected chi connectivity index (χ1v) is 40.6. The second-order valence-electron chi connectivity index (χ2n) is 23.3. The van der Waals surface area contributed by atoms with Crippen LogP contribution in [-0.2, 0) is 68.3 Å². The maximum atomic E-state index is 6.69. The molecular weight excluding hydrogens is 1630 g/mol. The molecule has 0 saturated heterocycles. The molecule has 0 amide bonds. The number of hydrogen-bond donors (Lipinski definition) is 0. The Bertz CT molecular complexity index is 4150. The van der Waals surface area contributed by atoms with Gasteiger partial charge in [-0.1, -0.05) is 437 Å². The van der Waals surface area contributed by atoms with E-state index in [4.69, 9.17) is 25.7 Å². The minimum Gasteiger partial charge on any atom is -0.366 e. The molecule has 8 heteroatoms. The molecule has 0 unspecified atom stereocenters. The monoisotopic (exact) mass is 1700 g/mol. The molecule has 0 spiro atoms. The van der Waals surface area contributed by atoms with Crippen molar-refractivity contribution in [2.24, 2.45) is 0 Å². The third-order valence-corrected chi connectivity index (χ3v) is 25.6. The van der Waals surface area contributed by atoms with Crippen LogP contribution < -0.4 is 63.7 Å². The zero-order valence-electron chi connectivity index (χ0n) is 61.2. The van der Waals surface area contributed by atoms with Crippen molar-refractivity contribution in [3.63, 3.8) is 0 Å². The fourth-order valence-corrected chi connectivity index (χ4v) is 20.0. The van der Waals surface area contributed by atoms with E-state index in [-0.39, 0.29) is 68.3 Å². The van der Waals surface area contributed by atoms with Crippen molar-refractivity contribution in [2.75, 3.05) is 0 Å². The van der Waals surface area contributed by atoms with Crippen LogP contribution in [0.2, 0.25) is 0 Å². The zero-order chi connectivity index (χ0) is 74.9. The van der Waals surface area contributed by atoms with Gasteiger partial charge in [0.05, 0.1) is 0 Å². The summed E-state index contributed by atoms with van der Waals surface area (Å²) in [6.07, 6.45) is 26.8. The van der Waals surface area contributed by atoms with Crippen LogP contribution in [0.5, 0.6) is 0 Å². The van der Waals surface area contributed by atoms with Crippen molar-refractivity contribution < 1.29 is 68.3 Å². The maximum Gasteiger partial charge on any atom is 1.00 e. The molecule has 0 nitrogen and oxygen atoms in total. The largest absolute Gasteiger partial charge is 1.00 e. The van der Waals surface area contributed by atoms with E-state index in [2.05, 4.69) is 388 Å². The molecule has 0 aliphatic heterocycles. The van der Waals surface area contributed by atoms with Crippen molar-refractivity contribution in [3.8, 4) is 23.7 Å². The number of hydrogen-bond acceptors (Lipinski definition) is 0. The topological polar surface area (TPSA) is 0 Å². The normalized spacial score (nSPS) is 9.43. The van der Waals surface area contributed by atoms with Gasteiger partial charge in [-0.3, -0.25) is 23.7 Å². The van der Waals surface area contributed by atoms with Crippen LogP contribution in [0.1, 0.15) is 22.3 Å². The van der Waals surface area contributed by atoms with Gasteiger partial charge in [0.25, 0.3) is 0 Å². The van der Waals surface area contributed by atoms with E-state index in [1.165, 1.54) is 63.7 Å². The standard InChI is InChI=1S/4C18H15P.4C8H5.4Cu/c4*1-4-10-16(11-5-1)19(17-12-6-2-7-13-17)18-14-8-3-9-15-18;4*1-2-8-6-4-3-5-7-8;;;;/h4*1-15H;4*3-7H;;;;/q;;;;4*-1;4*+1. The molecule has 16 aromatic carbocycles. The second kappa shape index (κ2) is 55.9. The molecule has 0 bridgehead atoms. The summed E-state index contributed by atoms with van der Waals surface area (Å²) in [4.78, 5) is 0. The summed E-state index contributed by atoms with van der Waals surface area (Å²) in [5, 5.41) is 16.8. The summed E-state index contributed by atoms with van der Waals surface area (Å²) in [5.74, 6) is 9.11. The molecule has 0 aliphatic rings. The summed E-state index contributed by atoms with van der Waals surface area (Å²) < 4.78 is 0. The summed E-state index contributed by atoms with van der Waals surface area (Å²) >= 11 is 0. The van der Waals surface area contributed by atoms with Gasteiger partial charge in [0.2, 0.25) is 0 Å². The van der Waals surface area contributed by atoms with E-state index >= 15 is 0 Å². The Morgan fingerprint density at radius 1 is 0.116 bits per heavy atom. The Morgan fingerprint density at radius 2 is 0.188 bits per heavy atom. The van der Waals surface area contributed by atoms with Gasteiger partial charge in [-0.2, -0.15) is 0 Å². The van der Waals surface area contributed by atoms with Crippen LogP contribution in [0, 0.1) is 49.4 Å².